The van der Waals surface area contributed by atoms with Gasteiger partial charge in [-0.3, -0.25) is 14.2 Å². The molecule has 0 N–H and O–H groups in total. The average Bonchev–Trinajstić information content (AvgIpc) is 3.27. The number of carbonyl (C=O) groups excluding carboxylic acids is 2. The van der Waals surface area contributed by atoms with Crippen molar-refractivity contribution in [3.8, 4) is 0 Å². The van der Waals surface area contributed by atoms with Gasteiger partial charge in [0.05, 0.1) is 34.2 Å². The summed E-state index contributed by atoms with van der Waals surface area (Å²) in [6.07, 6.45) is 67.7. The van der Waals surface area contributed by atoms with E-state index in [-0.39, 0.29) is 26.1 Å². The third-order valence-corrected chi connectivity index (χ3v) is 10.4. The summed E-state index contributed by atoms with van der Waals surface area (Å²) in [4.78, 5) is 37.6. The largest absolute Gasteiger partial charge is 0.756 e. The maximum Gasteiger partial charge on any atom is 0.309 e. The van der Waals surface area contributed by atoms with Crippen molar-refractivity contribution in [3.63, 3.8) is 0 Å². The molecule has 10 heteroatoms. The molecule has 0 saturated heterocycles. The number of rotatable bonds is 42. The topological polar surface area (TPSA) is 111 Å². The maximum absolute atomic E-state index is 12.7. The van der Waals surface area contributed by atoms with Crippen LogP contribution in [0.25, 0.3) is 0 Å². The van der Waals surface area contributed by atoms with Gasteiger partial charge in [0.1, 0.15) is 19.8 Å². The number of likely N-dealkylation sites (N-methyl/N-ethyl adjacent to an activating group) is 1. The van der Waals surface area contributed by atoms with Gasteiger partial charge in [0.25, 0.3) is 7.82 Å². The van der Waals surface area contributed by atoms with Crippen LogP contribution in [0, 0.1) is 0 Å². The molecule has 2 unspecified atom stereocenters. The first-order chi connectivity index (χ1) is 32.0. The molecule has 0 amide bonds. The molecular weight excluding hydrogens is 846 g/mol. The third-order valence-electron chi connectivity index (χ3n) is 9.39. The molecule has 0 spiro atoms. The maximum atomic E-state index is 12.7. The molecule has 0 saturated carbocycles. The summed E-state index contributed by atoms with van der Waals surface area (Å²) in [5.74, 6) is -1.02. The van der Waals surface area contributed by atoms with Gasteiger partial charge in [-0.15, -0.1) is 0 Å². The fraction of sp³-hybridized carbons (Fsp3) is 0.536. The fourth-order valence-electron chi connectivity index (χ4n) is 5.65. The van der Waals surface area contributed by atoms with Gasteiger partial charge in [0.15, 0.2) is 6.10 Å². The molecule has 0 fully saturated rings. The lowest BCUT2D eigenvalue weighted by atomic mass is 10.1. The summed E-state index contributed by atoms with van der Waals surface area (Å²) >= 11 is 0. The zero-order valence-corrected chi connectivity index (χ0v) is 42.5. The second-order valence-electron chi connectivity index (χ2n) is 16.7. The van der Waals surface area contributed by atoms with Gasteiger partial charge in [-0.25, -0.2) is 0 Å². The van der Waals surface area contributed by atoms with Crippen LogP contribution in [0.1, 0.15) is 142 Å². The van der Waals surface area contributed by atoms with E-state index in [1.54, 1.807) is 6.08 Å². The Balaban J connectivity index is 4.43. The molecule has 0 aliphatic carbocycles. The van der Waals surface area contributed by atoms with Crippen molar-refractivity contribution in [1.82, 2.24) is 0 Å². The number of hydrogen-bond acceptors (Lipinski definition) is 8. The molecule has 0 heterocycles. The molecule has 66 heavy (non-hydrogen) atoms. The number of carbonyl (C=O) groups is 2. The Morgan fingerprint density at radius 2 is 0.864 bits per heavy atom. The highest BCUT2D eigenvalue weighted by Gasteiger charge is 2.21. The molecule has 9 nitrogen and oxygen atoms in total. The van der Waals surface area contributed by atoms with Crippen LogP contribution in [0.5, 0.6) is 0 Å². The number of quaternary nitrogens is 1. The summed E-state index contributed by atoms with van der Waals surface area (Å²) in [7, 11) is 1.08. The average molecular weight is 934 g/mol. The van der Waals surface area contributed by atoms with E-state index in [1.807, 2.05) is 33.3 Å². The molecular formula is C56H88NO8P. The van der Waals surface area contributed by atoms with Gasteiger partial charge in [-0.05, 0) is 96.3 Å². The molecule has 2 atom stereocenters. The molecule has 0 rings (SSSR count). The quantitative estimate of drug-likeness (QED) is 0.0196. The van der Waals surface area contributed by atoms with Crippen LogP contribution in [0.3, 0.4) is 0 Å². The Morgan fingerprint density at radius 3 is 1.29 bits per heavy atom. The Labute approximate surface area is 402 Å². The van der Waals surface area contributed by atoms with Crippen LogP contribution in [0.15, 0.2) is 146 Å². The number of nitrogens with zero attached hydrogens (tertiary/aromatic N) is 1. The van der Waals surface area contributed by atoms with E-state index < -0.39 is 32.5 Å². The second kappa shape index (κ2) is 46.0. The first-order valence-electron chi connectivity index (χ1n) is 24.5. The van der Waals surface area contributed by atoms with Crippen molar-refractivity contribution in [2.75, 3.05) is 47.5 Å². The van der Waals surface area contributed by atoms with E-state index in [0.717, 1.165) is 103 Å². The van der Waals surface area contributed by atoms with Crippen molar-refractivity contribution in [2.45, 2.75) is 148 Å². The summed E-state index contributed by atoms with van der Waals surface area (Å²) in [6.45, 7) is 3.82. The lowest BCUT2D eigenvalue weighted by Gasteiger charge is -2.28. The number of hydrogen-bond donors (Lipinski definition) is 0. The highest BCUT2D eigenvalue weighted by molar-refractivity contribution is 7.45. The fourth-order valence-corrected chi connectivity index (χ4v) is 6.38. The molecule has 0 bridgehead atoms. The predicted octanol–water partition coefficient (Wildman–Crippen LogP) is 14.2. The first kappa shape index (κ1) is 61.9. The first-order valence-corrected chi connectivity index (χ1v) is 26.0. The number of allylic oxidation sites excluding steroid dienone is 23. The summed E-state index contributed by atoms with van der Waals surface area (Å²) in [5.41, 5.74) is 0. The van der Waals surface area contributed by atoms with E-state index in [9.17, 15) is 19.0 Å². The number of phosphoric ester groups is 1. The summed E-state index contributed by atoms with van der Waals surface area (Å²) < 4.78 is 33.8. The van der Waals surface area contributed by atoms with Crippen LogP contribution in [-0.4, -0.2) is 70.0 Å². The summed E-state index contributed by atoms with van der Waals surface area (Å²) in [6, 6.07) is 0. The lowest BCUT2D eigenvalue weighted by molar-refractivity contribution is -0.870. The van der Waals surface area contributed by atoms with Gasteiger partial charge in [-0.1, -0.05) is 179 Å². The van der Waals surface area contributed by atoms with Crippen LogP contribution in [0.4, 0.5) is 0 Å². The third kappa shape index (κ3) is 49.3. The highest BCUT2D eigenvalue weighted by Crippen LogP contribution is 2.38. The minimum Gasteiger partial charge on any atom is -0.756 e. The molecule has 0 aromatic heterocycles. The summed E-state index contributed by atoms with van der Waals surface area (Å²) in [5, 5.41) is 0. The molecule has 0 aliphatic heterocycles. The molecule has 370 valence electrons. The zero-order chi connectivity index (χ0) is 48.5. The standard InChI is InChI=1S/C56H88NO8P/c1-6-8-10-12-14-16-18-20-22-23-24-25-26-27-28-29-30-31-32-33-35-37-39-41-43-45-47-49-56(59)65-54(53-64-66(60,61)63-51-50-57(3,4)5)52-62-55(58)48-46-44-42-40-38-36-34-21-19-17-15-13-11-9-7-2/h8-11,14-17,20-22,24-25,27-28,30-31,33-35,38,40,44,46,54H,6-7,12-13,18-19,23,26,29,32,36-37,39,41-43,45,47-53H2,1-5H3/b10-8-,11-9-,16-14-,17-15-,22-20-,25-24-,28-27-,31-30-,34-21-,35-33-,40-38-,46-44-. The van der Waals surface area contributed by atoms with Gasteiger partial charge in [0.2, 0.25) is 0 Å². The molecule has 0 aromatic rings. The van der Waals surface area contributed by atoms with E-state index in [2.05, 4.69) is 141 Å². The van der Waals surface area contributed by atoms with E-state index in [1.165, 1.54) is 0 Å². The van der Waals surface area contributed by atoms with Gasteiger partial charge in [0, 0.05) is 6.42 Å². The van der Waals surface area contributed by atoms with Crippen molar-refractivity contribution < 1.29 is 42.1 Å². The predicted molar refractivity (Wildman–Crippen MR) is 277 cm³/mol. The van der Waals surface area contributed by atoms with E-state index >= 15 is 0 Å². The minimum absolute atomic E-state index is 0.0303. The minimum atomic E-state index is -4.67. The van der Waals surface area contributed by atoms with Gasteiger partial charge < -0.3 is 27.9 Å². The zero-order valence-electron chi connectivity index (χ0n) is 41.6. The lowest BCUT2D eigenvalue weighted by Crippen LogP contribution is -2.37. The number of esters is 2. The van der Waals surface area contributed by atoms with Crippen molar-refractivity contribution in [3.05, 3.63) is 146 Å². The number of unbranched alkanes of at least 4 members (excludes halogenated alkanes) is 5. The van der Waals surface area contributed by atoms with Crippen molar-refractivity contribution >= 4 is 19.8 Å². The molecule has 0 aromatic carbocycles. The van der Waals surface area contributed by atoms with Crippen molar-refractivity contribution in [1.29, 1.82) is 0 Å². The highest BCUT2D eigenvalue weighted by atomic mass is 31.2. The van der Waals surface area contributed by atoms with Crippen LogP contribution in [0.2, 0.25) is 0 Å². The van der Waals surface area contributed by atoms with Gasteiger partial charge >= 0.3 is 11.9 Å². The Hall–Kier alpha value is -4.11. The second-order valence-corrected chi connectivity index (χ2v) is 18.1. The molecule has 0 aliphatic rings. The monoisotopic (exact) mass is 934 g/mol. The van der Waals surface area contributed by atoms with Crippen molar-refractivity contribution in [2.24, 2.45) is 0 Å². The van der Waals surface area contributed by atoms with Crippen LogP contribution >= 0.6 is 7.82 Å². The number of phosphoric acid groups is 1. The molecule has 0 radical (unpaired) electrons. The van der Waals surface area contributed by atoms with Gasteiger partial charge in [-0.2, -0.15) is 0 Å². The van der Waals surface area contributed by atoms with Crippen LogP contribution < -0.4 is 4.89 Å². The normalized spacial score (nSPS) is 14.7. The van der Waals surface area contributed by atoms with E-state index in [0.29, 0.717) is 23.9 Å². The smallest absolute Gasteiger partial charge is 0.309 e. The van der Waals surface area contributed by atoms with Crippen LogP contribution in [-0.2, 0) is 32.7 Å². The van der Waals surface area contributed by atoms with E-state index in [4.69, 9.17) is 18.5 Å². The Morgan fingerprint density at radius 1 is 0.485 bits per heavy atom. The number of ether oxygens (including phenoxy) is 2. The Bertz CT molecular complexity index is 1620. The SMILES string of the molecule is CC/C=C\C/C=C\C/C=C\C/C=C\C/C=C\C/C=C\C/C=C\CCCCCCCC(=O)OC(COC(=O)C/C=C\C/C=C\C/C=C\C/C=C\C/C=C\CC)COP(=O)([O-])OCC[N+](C)(C)C. The Kier molecular flexibility index (Phi) is 43.2.